The second kappa shape index (κ2) is 5.27. The molecule has 0 unspecified atom stereocenters. The van der Waals surface area contributed by atoms with Crippen LogP contribution in [0, 0.1) is 5.82 Å². The lowest BCUT2D eigenvalue weighted by Crippen LogP contribution is -1.92. The van der Waals surface area contributed by atoms with Gasteiger partial charge in [-0.1, -0.05) is 6.07 Å². The van der Waals surface area contributed by atoms with Gasteiger partial charge in [-0.25, -0.2) is 4.39 Å². The second-order valence-corrected chi connectivity index (χ2v) is 4.49. The van der Waals surface area contributed by atoms with Crippen LogP contribution in [0.5, 0.6) is 0 Å². The molecule has 0 saturated heterocycles. The van der Waals surface area contributed by atoms with Crippen LogP contribution in [0.2, 0.25) is 0 Å². The molecule has 0 saturated carbocycles. The van der Waals surface area contributed by atoms with Gasteiger partial charge in [0.15, 0.2) is 0 Å². The van der Waals surface area contributed by atoms with Gasteiger partial charge in [-0.15, -0.1) is 0 Å². The molecule has 84 valence electrons. The highest BCUT2D eigenvalue weighted by atomic mass is 32.2. The van der Waals surface area contributed by atoms with E-state index in [4.69, 9.17) is 5.11 Å². The van der Waals surface area contributed by atoms with Crippen molar-refractivity contribution >= 4 is 22.7 Å². The van der Waals surface area contributed by atoms with Gasteiger partial charge in [-0.2, -0.15) is 11.8 Å². The van der Waals surface area contributed by atoms with Gasteiger partial charge < -0.3 is 5.11 Å². The number of aliphatic hydroxyl groups is 1. The summed E-state index contributed by atoms with van der Waals surface area (Å²) < 4.78 is 13.5. The van der Waals surface area contributed by atoms with Crippen LogP contribution < -0.4 is 0 Å². The minimum atomic E-state index is -0.237. The number of hydrogen-bond acceptors (Lipinski definition) is 3. The monoisotopic (exact) mass is 237 g/mol. The number of hydrogen-bond donors (Lipinski definition) is 1. The number of nitrogens with zero attached hydrogens (tertiary/aromatic N) is 1. The molecule has 2 rings (SSSR count). The van der Waals surface area contributed by atoms with Gasteiger partial charge in [-0.05, 0) is 23.8 Å². The highest BCUT2D eigenvalue weighted by Crippen LogP contribution is 2.23. The molecule has 1 aromatic carbocycles. The van der Waals surface area contributed by atoms with Crippen molar-refractivity contribution in [3.8, 4) is 0 Å². The van der Waals surface area contributed by atoms with Crippen LogP contribution in [0.3, 0.4) is 0 Å². The van der Waals surface area contributed by atoms with Crippen LogP contribution in [0.15, 0.2) is 30.5 Å². The summed E-state index contributed by atoms with van der Waals surface area (Å²) in [6, 6.07) is 6.70. The van der Waals surface area contributed by atoms with Crippen LogP contribution in [0.1, 0.15) is 5.56 Å². The summed E-state index contributed by atoms with van der Waals surface area (Å²) in [5.41, 5.74) is 1.73. The van der Waals surface area contributed by atoms with Gasteiger partial charge in [-0.3, -0.25) is 4.98 Å². The number of aliphatic hydroxyl groups excluding tert-OH is 1. The third-order valence-corrected chi connectivity index (χ3v) is 3.28. The van der Waals surface area contributed by atoms with Gasteiger partial charge in [0, 0.05) is 23.1 Å². The Balaban J connectivity index is 2.35. The van der Waals surface area contributed by atoms with E-state index in [-0.39, 0.29) is 12.4 Å². The fourth-order valence-electron chi connectivity index (χ4n) is 1.56. The Morgan fingerprint density at radius 2 is 2.19 bits per heavy atom. The van der Waals surface area contributed by atoms with Crippen LogP contribution in [0.4, 0.5) is 4.39 Å². The van der Waals surface area contributed by atoms with Gasteiger partial charge in [0.05, 0.1) is 12.1 Å². The van der Waals surface area contributed by atoms with E-state index in [1.165, 1.54) is 6.07 Å². The van der Waals surface area contributed by atoms with Crippen molar-refractivity contribution in [1.29, 1.82) is 0 Å². The van der Waals surface area contributed by atoms with Crippen molar-refractivity contribution in [3.05, 3.63) is 41.8 Å². The molecule has 1 aromatic heterocycles. The molecule has 0 atom stereocenters. The van der Waals surface area contributed by atoms with Crippen LogP contribution >= 0.6 is 11.8 Å². The third kappa shape index (κ3) is 2.33. The molecule has 0 radical (unpaired) electrons. The lowest BCUT2D eigenvalue weighted by atomic mass is 10.1. The van der Waals surface area contributed by atoms with E-state index >= 15 is 0 Å². The number of aromatic nitrogens is 1. The number of benzene rings is 1. The average molecular weight is 237 g/mol. The summed E-state index contributed by atoms with van der Waals surface area (Å²) in [6.07, 6.45) is 1.67. The Kier molecular flexibility index (Phi) is 3.74. The molecule has 2 nitrogen and oxygen atoms in total. The molecule has 0 fully saturated rings. The summed E-state index contributed by atoms with van der Waals surface area (Å²) in [5.74, 6) is 1.19. The molecule has 0 aliphatic rings. The topological polar surface area (TPSA) is 33.1 Å². The Hall–Kier alpha value is -1.13. The number of thioether (sulfide) groups is 1. The quantitative estimate of drug-likeness (QED) is 0.830. The summed E-state index contributed by atoms with van der Waals surface area (Å²) in [5, 5.41) is 9.27. The summed E-state index contributed by atoms with van der Waals surface area (Å²) >= 11 is 1.61. The molecule has 4 heteroatoms. The zero-order chi connectivity index (χ0) is 11.4. The van der Waals surface area contributed by atoms with E-state index in [9.17, 15) is 4.39 Å². The Morgan fingerprint density at radius 3 is 3.00 bits per heavy atom. The first kappa shape index (κ1) is 11.4. The lowest BCUT2D eigenvalue weighted by molar-refractivity contribution is 0.322. The van der Waals surface area contributed by atoms with Crippen LogP contribution in [-0.2, 0) is 5.75 Å². The molecule has 16 heavy (non-hydrogen) atoms. The van der Waals surface area contributed by atoms with Crippen molar-refractivity contribution in [3.63, 3.8) is 0 Å². The molecular weight excluding hydrogens is 225 g/mol. The van der Waals surface area contributed by atoms with Crippen LogP contribution in [-0.4, -0.2) is 22.5 Å². The number of pyridine rings is 1. The molecule has 0 spiro atoms. The highest BCUT2D eigenvalue weighted by molar-refractivity contribution is 7.98. The zero-order valence-corrected chi connectivity index (χ0v) is 9.51. The average Bonchev–Trinajstić information content (AvgIpc) is 2.33. The predicted octanol–water partition coefficient (Wildman–Crippen LogP) is 2.60. The van der Waals surface area contributed by atoms with Crippen molar-refractivity contribution in [2.45, 2.75) is 5.75 Å². The minimum Gasteiger partial charge on any atom is -0.396 e. The van der Waals surface area contributed by atoms with E-state index in [1.54, 1.807) is 36.2 Å². The van der Waals surface area contributed by atoms with Gasteiger partial charge in [0.2, 0.25) is 0 Å². The van der Waals surface area contributed by atoms with Gasteiger partial charge in [0.25, 0.3) is 0 Å². The lowest BCUT2D eigenvalue weighted by Gasteiger charge is -2.05. The first-order chi connectivity index (χ1) is 7.83. The Bertz CT molecular complexity index is 489. The fourth-order valence-corrected chi connectivity index (χ4v) is 2.29. The smallest absolute Gasteiger partial charge is 0.132 e. The summed E-state index contributed by atoms with van der Waals surface area (Å²) in [6.45, 7) is 0.164. The zero-order valence-electron chi connectivity index (χ0n) is 8.69. The van der Waals surface area contributed by atoms with Crippen molar-refractivity contribution < 1.29 is 9.50 Å². The first-order valence-electron chi connectivity index (χ1n) is 5.03. The number of halogens is 1. The normalized spacial score (nSPS) is 10.9. The predicted molar refractivity (Wildman–Crippen MR) is 64.9 cm³/mol. The van der Waals surface area contributed by atoms with Gasteiger partial charge >= 0.3 is 0 Å². The Morgan fingerprint density at radius 1 is 1.31 bits per heavy atom. The largest absolute Gasteiger partial charge is 0.396 e. The summed E-state index contributed by atoms with van der Waals surface area (Å²) in [7, 11) is 0. The SMILES string of the molecule is OCCSCc1ccc(F)c2cccnc12. The van der Waals surface area contributed by atoms with E-state index < -0.39 is 0 Å². The third-order valence-electron chi connectivity index (χ3n) is 2.29. The molecule has 1 N–H and O–H groups in total. The second-order valence-electron chi connectivity index (χ2n) is 3.38. The number of rotatable bonds is 4. The maximum atomic E-state index is 13.5. The van der Waals surface area contributed by atoms with E-state index in [2.05, 4.69) is 4.98 Å². The Labute approximate surface area is 97.5 Å². The van der Waals surface area contributed by atoms with E-state index in [0.717, 1.165) is 11.3 Å². The molecule has 0 amide bonds. The van der Waals surface area contributed by atoms with Crippen LogP contribution in [0.25, 0.3) is 10.9 Å². The molecular formula is C12H12FNOS. The molecule has 2 aromatic rings. The van der Waals surface area contributed by atoms with Crippen molar-refractivity contribution in [1.82, 2.24) is 4.98 Å². The molecule has 0 aliphatic carbocycles. The summed E-state index contributed by atoms with van der Waals surface area (Å²) in [4.78, 5) is 4.20. The molecule has 0 bridgehead atoms. The molecule has 1 heterocycles. The van der Waals surface area contributed by atoms with Crippen molar-refractivity contribution in [2.75, 3.05) is 12.4 Å². The van der Waals surface area contributed by atoms with E-state index in [0.29, 0.717) is 16.7 Å². The fraction of sp³-hybridized carbons (Fsp3) is 0.250. The highest BCUT2D eigenvalue weighted by Gasteiger charge is 2.06. The maximum absolute atomic E-state index is 13.5. The first-order valence-corrected chi connectivity index (χ1v) is 6.19. The van der Waals surface area contributed by atoms with Crippen molar-refractivity contribution in [2.24, 2.45) is 0 Å². The standard InChI is InChI=1S/C12H12FNOS/c13-11-4-3-9(8-16-7-6-15)12-10(11)2-1-5-14-12/h1-5,15H,6-8H2. The molecule has 0 aliphatic heterocycles. The number of fused-ring (bicyclic) bond motifs is 1. The van der Waals surface area contributed by atoms with Gasteiger partial charge in [0.1, 0.15) is 5.82 Å². The maximum Gasteiger partial charge on any atom is 0.132 e. The van der Waals surface area contributed by atoms with E-state index in [1.807, 2.05) is 0 Å². The minimum absolute atomic E-state index is 0.164.